The number of hydrogen-bond donors (Lipinski definition) is 1. The van der Waals surface area contributed by atoms with Gasteiger partial charge in [-0.05, 0) is 60.8 Å². The molecule has 4 atom stereocenters. The zero-order valence-corrected chi connectivity index (χ0v) is 17.9. The van der Waals surface area contributed by atoms with Crippen molar-refractivity contribution in [3.63, 3.8) is 0 Å². The van der Waals surface area contributed by atoms with E-state index < -0.39 is 0 Å². The van der Waals surface area contributed by atoms with E-state index in [1.807, 2.05) is 6.07 Å². The predicted molar refractivity (Wildman–Crippen MR) is 108 cm³/mol. The van der Waals surface area contributed by atoms with Crippen molar-refractivity contribution in [3.8, 4) is 11.5 Å². The van der Waals surface area contributed by atoms with Gasteiger partial charge in [0.2, 0.25) is 0 Å². The molecular weight excluding hydrogens is 336 g/mol. The minimum Gasteiger partial charge on any atom is -0.496 e. The number of rotatable bonds is 3. The van der Waals surface area contributed by atoms with Gasteiger partial charge in [-0.3, -0.25) is 0 Å². The van der Waals surface area contributed by atoms with Crippen molar-refractivity contribution < 1.29 is 14.6 Å². The van der Waals surface area contributed by atoms with Crippen LogP contribution >= 0.6 is 0 Å². The average Bonchev–Trinajstić information content (AvgIpc) is 2.94. The van der Waals surface area contributed by atoms with E-state index in [-0.39, 0.29) is 12.0 Å². The minimum absolute atomic E-state index is 0.0134. The summed E-state index contributed by atoms with van der Waals surface area (Å²) in [5, 5.41) is 9.95. The highest BCUT2D eigenvalue weighted by molar-refractivity contribution is 5.60. The number of ether oxygens (including phenoxy) is 2. The molecule has 0 aliphatic heterocycles. The van der Waals surface area contributed by atoms with E-state index in [0.717, 1.165) is 29.4 Å². The first-order valence-corrected chi connectivity index (χ1v) is 10.6. The molecule has 150 valence electrons. The van der Waals surface area contributed by atoms with E-state index in [1.54, 1.807) is 14.2 Å². The van der Waals surface area contributed by atoms with Crippen molar-refractivity contribution in [2.45, 2.75) is 78.2 Å². The van der Waals surface area contributed by atoms with Gasteiger partial charge >= 0.3 is 0 Å². The predicted octanol–water partition coefficient (Wildman–Crippen LogP) is 5.25. The van der Waals surface area contributed by atoms with E-state index in [1.165, 1.54) is 43.2 Å². The molecule has 3 nitrogen and oxygen atoms in total. The summed E-state index contributed by atoms with van der Waals surface area (Å²) in [5.74, 6) is 3.21. The third-order valence-corrected chi connectivity index (χ3v) is 8.79. The molecule has 3 aliphatic carbocycles. The van der Waals surface area contributed by atoms with Crippen molar-refractivity contribution in [1.82, 2.24) is 0 Å². The third-order valence-electron chi connectivity index (χ3n) is 8.79. The maximum atomic E-state index is 9.95. The lowest BCUT2D eigenvalue weighted by Crippen LogP contribution is -2.55. The van der Waals surface area contributed by atoms with Crippen LogP contribution in [0.15, 0.2) is 6.07 Å². The van der Waals surface area contributed by atoms with Gasteiger partial charge in [0.05, 0.1) is 20.8 Å². The Bertz CT molecular complexity index is 752. The van der Waals surface area contributed by atoms with Gasteiger partial charge in [0.25, 0.3) is 0 Å². The zero-order valence-electron chi connectivity index (χ0n) is 17.9. The van der Waals surface area contributed by atoms with Gasteiger partial charge in [-0.25, -0.2) is 0 Å². The Morgan fingerprint density at radius 2 is 1.78 bits per heavy atom. The maximum Gasteiger partial charge on any atom is 0.128 e. The summed E-state index contributed by atoms with van der Waals surface area (Å²) in [4.78, 5) is 0. The molecule has 0 unspecified atom stereocenters. The van der Waals surface area contributed by atoms with Crippen LogP contribution in [0.25, 0.3) is 0 Å². The molecule has 0 spiro atoms. The molecule has 2 fully saturated rings. The fraction of sp³-hybridized carbons (Fsp3) is 0.750. The van der Waals surface area contributed by atoms with Crippen molar-refractivity contribution in [2.75, 3.05) is 14.2 Å². The number of hydrogen-bond acceptors (Lipinski definition) is 3. The standard InChI is InChI=1S/C24H36O3/c1-22(2)9-7-10-23(3)18(22)8-11-24(4)19(23)13-16-17(26-5)12-15(14-25)21(27-6)20(16)24/h12,18-19,25H,7-11,13-14H2,1-6H3/t18-,19+,23-,24-/m0/s1. The molecule has 0 heterocycles. The number of aliphatic hydroxyl groups excluding tert-OH is 1. The van der Waals surface area contributed by atoms with Crippen LogP contribution in [0.4, 0.5) is 0 Å². The topological polar surface area (TPSA) is 38.7 Å². The van der Waals surface area contributed by atoms with Crippen LogP contribution in [0, 0.1) is 22.7 Å². The number of benzene rings is 1. The Balaban J connectivity index is 1.90. The summed E-state index contributed by atoms with van der Waals surface area (Å²) >= 11 is 0. The Hall–Kier alpha value is -1.22. The SMILES string of the molecule is COc1cc(CO)c(OC)c2c1C[C@@H]1[C@@]3(C)CCCC(C)(C)[C@@H]3CC[C@]21C. The van der Waals surface area contributed by atoms with Crippen LogP contribution in [-0.2, 0) is 18.4 Å². The van der Waals surface area contributed by atoms with E-state index in [2.05, 4.69) is 27.7 Å². The summed E-state index contributed by atoms with van der Waals surface area (Å²) in [7, 11) is 3.50. The van der Waals surface area contributed by atoms with Crippen LogP contribution in [-0.4, -0.2) is 19.3 Å². The summed E-state index contributed by atoms with van der Waals surface area (Å²) in [5.41, 5.74) is 4.37. The van der Waals surface area contributed by atoms with Crippen LogP contribution in [0.5, 0.6) is 11.5 Å². The molecule has 3 heteroatoms. The molecule has 1 aromatic rings. The molecule has 0 radical (unpaired) electrons. The first-order chi connectivity index (χ1) is 12.7. The summed E-state index contributed by atoms with van der Waals surface area (Å²) < 4.78 is 11.7. The molecular formula is C24H36O3. The molecule has 1 N–H and O–H groups in total. The Morgan fingerprint density at radius 1 is 1.04 bits per heavy atom. The normalized spacial score (nSPS) is 36.6. The molecule has 3 aliphatic rings. The first kappa shape index (κ1) is 19.1. The first-order valence-electron chi connectivity index (χ1n) is 10.6. The van der Waals surface area contributed by atoms with Gasteiger partial charge in [0.15, 0.2) is 0 Å². The molecule has 2 saturated carbocycles. The van der Waals surface area contributed by atoms with Gasteiger partial charge in [-0.1, -0.05) is 34.1 Å². The van der Waals surface area contributed by atoms with Crippen LogP contribution < -0.4 is 9.47 Å². The van der Waals surface area contributed by atoms with Gasteiger partial charge in [-0.2, -0.15) is 0 Å². The molecule has 0 aromatic heterocycles. The quantitative estimate of drug-likeness (QED) is 0.787. The van der Waals surface area contributed by atoms with Crippen molar-refractivity contribution >= 4 is 0 Å². The lowest BCUT2D eigenvalue weighted by molar-refractivity contribution is -0.0985. The molecule has 0 amide bonds. The summed E-state index contributed by atoms with van der Waals surface area (Å²) in [6.07, 6.45) is 7.56. The van der Waals surface area contributed by atoms with Crippen molar-refractivity contribution in [3.05, 3.63) is 22.8 Å². The van der Waals surface area contributed by atoms with Gasteiger partial charge in [0.1, 0.15) is 11.5 Å². The van der Waals surface area contributed by atoms with Gasteiger partial charge in [-0.15, -0.1) is 0 Å². The largest absolute Gasteiger partial charge is 0.496 e. The molecule has 27 heavy (non-hydrogen) atoms. The summed E-state index contributed by atoms with van der Waals surface area (Å²) in [6, 6.07) is 1.99. The van der Waals surface area contributed by atoms with Crippen molar-refractivity contribution in [1.29, 1.82) is 0 Å². The van der Waals surface area contributed by atoms with Gasteiger partial charge in [0, 0.05) is 22.1 Å². The monoisotopic (exact) mass is 372 g/mol. The second-order valence-corrected chi connectivity index (χ2v) is 10.4. The fourth-order valence-corrected chi connectivity index (χ4v) is 7.68. The Kier molecular flexibility index (Phi) is 4.34. The second-order valence-electron chi connectivity index (χ2n) is 10.4. The van der Waals surface area contributed by atoms with E-state index in [9.17, 15) is 5.11 Å². The molecule has 4 rings (SSSR count). The Morgan fingerprint density at radius 3 is 2.41 bits per heavy atom. The molecule has 0 bridgehead atoms. The lowest BCUT2D eigenvalue weighted by Gasteiger charge is -2.61. The zero-order chi connectivity index (χ0) is 19.6. The molecule has 1 aromatic carbocycles. The highest BCUT2D eigenvalue weighted by atomic mass is 16.5. The smallest absolute Gasteiger partial charge is 0.128 e. The van der Waals surface area contributed by atoms with E-state index >= 15 is 0 Å². The second kappa shape index (κ2) is 6.14. The summed E-state index contributed by atoms with van der Waals surface area (Å²) in [6.45, 7) is 9.99. The van der Waals surface area contributed by atoms with Gasteiger partial charge < -0.3 is 14.6 Å². The van der Waals surface area contributed by atoms with Crippen LogP contribution in [0.2, 0.25) is 0 Å². The number of fused-ring (bicyclic) bond motifs is 5. The lowest BCUT2D eigenvalue weighted by atomic mass is 9.43. The Labute approximate surface area is 164 Å². The number of aliphatic hydroxyl groups is 1. The maximum absolute atomic E-state index is 9.95. The third kappa shape index (κ3) is 2.43. The van der Waals surface area contributed by atoms with E-state index in [0.29, 0.717) is 16.7 Å². The van der Waals surface area contributed by atoms with Crippen molar-refractivity contribution in [2.24, 2.45) is 22.7 Å². The van der Waals surface area contributed by atoms with Crippen LogP contribution in [0.1, 0.15) is 76.5 Å². The van der Waals surface area contributed by atoms with Crippen LogP contribution in [0.3, 0.4) is 0 Å². The van der Waals surface area contributed by atoms with E-state index in [4.69, 9.17) is 9.47 Å². The number of methoxy groups -OCH3 is 2. The average molecular weight is 373 g/mol. The highest BCUT2D eigenvalue weighted by Gasteiger charge is 2.62. The molecule has 0 saturated heterocycles. The highest BCUT2D eigenvalue weighted by Crippen LogP contribution is 2.69. The minimum atomic E-state index is -0.0134. The fourth-order valence-electron chi connectivity index (χ4n) is 7.68.